The number of phenols is 2. The predicted molar refractivity (Wildman–Crippen MR) is 62.6 cm³/mol. The highest BCUT2D eigenvalue weighted by Gasteiger charge is 2.13. The number of hydrogen-bond acceptors (Lipinski definition) is 3. The summed E-state index contributed by atoms with van der Waals surface area (Å²) in [4.78, 5) is 11.6. The monoisotopic (exact) mass is 223 g/mol. The molecule has 0 saturated heterocycles. The Morgan fingerprint density at radius 2 is 2.00 bits per heavy atom. The van der Waals surface area contributed by atoms with E-state index in [1.54, 1.807) is 13.8 Å². The number of aromatic hydroxyl groups is 2. The first-order valence-electron chi connectivity index (χ1n) is 5.29. The normalized spacial score (nSPS) is 12.2. The van der Waals surface area contributed by atoms with Gasteiger partial charge in [-0.05, 0) is 25.0 Å². The van der Waals surface area contributed by atoms with Crippen LogP contribution in [-0.2, 0) is 4.79 Å². The number of carbonyl (C=O) groups excluding carboxylic acids is 1. The van der Waals surface area contributed by atoms with Crippen molar-refractivity contribution in [1.82, 2.24) is 0 Å². The van der Waals surface area contributed by atoms with Crippen LogP contribution in [0.3, 0.4) is 0 Å². The third-order valence-electron chi connectivity index (χ3n) is 2.63. The SMILES string of the molecule is CCC(C)C(=O)Nc1cc(O)c(C)cc1O. The van der Waals surface area contributed by atoms with Gasteiger partial charge in [0.25, 0.3) is 0 Å². The first kappa shape index (κ1) is 12.4. The van der Waals surface area contributed by atoms with Crippen molar-refractivity contribution in [1.29, 1.82) is 0 Å². The first-order chi connectivity index (χ1) is 7.45. The lowest BCUT2D eigenvalue weighted by Gasteiger charge is -2.12. The number of carbonyl (C=O) groups is 1. The molecule has 1 amide bonds. The highest BCUT2D eigenvalue weighted by molar-refractivity contribution is 5.94. The summed E-state index contributed by atoms with van der Waals surface area (Å²) in [7, 11) is 0. The Morgan fingerprint density at radius 3 is 2.56 bits per heavy atom. The molecule has 4 heteroatoms. The van der Waals surface area contributed by atoms with Crippen molar-refractivity contribution in [2.45, 2.75) is 27.2 Å². The summed E-state index contributed by atoms with van der Waals surface area (Å²) in [5.41, 5.74) is 0.812. The predicted octanol–water partition coefficient (Wildman–Crippen LogP) is 2.39. The van der Waals surface area contributed by atoms with Crippen LogP contribution in [0, 0.1) is 12.8 Å². The van der Waals surface area contributed by atoms with E-state index in [1.807, 2.05) is 6.92 Å². The molecule has 0 aliphatic heterocycles. The quantitative estimate of drug-likeness (QED) is 0.544. The van der Waals surface area contributed by atoms with Crippen molar-refractivity contribution in [2.24, 2.45) is 5.92 Å². The van der Waals surface area contributed by atoms with Crippen LogP contribution in [0.1, 0.15) is 25.8 Å². The van der Waals surface area contributed by atoms with Crippen LogP contribution in [0.4, 0.5) is 5.69 Å². The van der Waals surface area contributed by atoms with E-state index in [-0.39, 0.29) is 29.0 Å². The zero-order valence-corrected chi connectivity index (χ0v) is 9.74. The van der Waals surface area contributed by atoms with Crippen molar-refractivity contribution < 1.29 is 15.0 Å². The van der Waals surface area contributed by atoms with Gasteiger partial charge in [-0.2, -0.15) is 0 Å². The molecule has 0 aliphatic rings. The second kappa shape index (κ2) is 4.88. The van der Waals surface area contributed by atoms with Crippen molar-refractivity contribution in [3.8, 4) is 11.5 Å². The van der Waals surface area contributed by atoms with Crippen LogP contribution in [0.5, 0.6) is 11.5 Å². The minimum absolute atomic E-state index is 0.0352. The Hall–Kier alpha value is -1.71. The van der Waals surface area contributed by atoms with E-state index < -0.39 is 0 Å². The third-order valence-corrected chi connectivity index (χ3v) is 2.63. The number of rotatable bonds is 3. The zero-order chi connectivity index (χ0) is 12.3. The van der Waals surface area contributed by atoms with E-state index in [9.17, 15) is 15.0 Å². The Morgan fingerprint density at radius 1 is 1.38 bits per heavy atom. The topological polar surface area (TPSA) is 69.6 Å². The Labute approximate surface area is 94.9 Å². The van der Waals surface area contributed by atoms with Crippen LogP contribution in [0.15, 0.2) is 12.1 Å². The summed E-state index contributed by atoms with van der Waals surface area (Å²) in [6.07, 6.45) is 0.727. The maximum Gasteiger partial charge on any atom is 0.227 e. The first-order valence-corrected chi connectivity index (χ1v) is 5.29. The number of aryl methyl sites for hydroxylation is 1. The van der Waals surface area contributed by atoms with Gasteiger partial charge in [0.1, 0.15) is 11.5 Å². The van der Waals surface area contributed by atoms with Crippen LogP contribution in [0.25, 0.3) is 0 Å². The van der Waals surface area contributed by atoms with Crippen molar-refractivity contribution in [3.05, 3.63) is 17.7 Å². The maximum absolute atomic E-state index is 11.6. The molecule has 1 aromatic rings. The molecule has 0 bridgehead atoms. The molecule has 1 atom stereocenters. The summed E-state index contributed by atoms with van der Waals surface area (Å²) in [6, 6.07) is 2.77. The van der Waals surface area contributed by atoms with E-state index in [2.05, 4.69) is 5.32 Å². The lowest BCUT2D eigenvalue weighted by molar-refractivity contribution is -0.119. The van der Waals surface area contributed by atoms with Crippen LogP contribution >= 0.6 is 0 Å². The van der Waals surface area contributed by atoms with E-state index in [0.717, 1.165) is 6.42 Å². The lowest BCUT2D eigenvalue weighted by Crippen LogP contribution is -2.19. The molecule has 1 rings (SSSR count). The number of benzene rings is 1. The van der Waals surface area contributed by atoms with Crippen molar-refractivity contribution in [2.75, 3.05) is 5.32 Å². The van der Waals surface area contributed by atoms with Gasteiger partial charge < -0.3 is 15.5 Å². The molecule has 0 spiro atoms. The van der Waals surface area contributed by atoms with Gasteiger partial charge in [0.2, 0.25) is 5.91 Å². The fraction of sp³-hybridized carbons (Fsp3) is 0.417. The van der Waals surface area contributed by atoms with Gasteiger partial charge in [-0.1, -0.05) is 13.8 Å². The molecule has 0 saturated carbocycles. The average molecular weight is 223 g/mol. The Balaban J connectivity index is 2.90. The van der Waals surface area contributed by atoms with Gasteiger partial charge >= 0.3 is 0 Å². The molecule has 0 aromatic heterocycles. The van der Waals surface area contributed by atoms with E-state index in [4.69, 9.17) is 0 Å². The van der Waals surface area contributed by atoms with Crippen molar-refractivity contribution in [3.63, 3.8) is 0 Å². The summed E-state index contributed by atoms with van der Waals surface area (Å²) in [6.45, 7) is 5.40. The Kier molecular flexibility index (Phi) is 3.77. The summed E-state index contributed by atoms with van der Waals surface area (Å²) >= 11 is 0. The fourth-order valence-electron chi connectivity index (χ4n) is 1.22. The molecule has 0 heterocycles. The highest BCUT2D eigenvalue weighted by atomic mass is 16.3. The molecule has 4 nitrogen and oxygen atoms in total. The second-order valence-electron chi connectivity index (χ2n) is 3.95. The number of hydrogen-bond donors (Lipinski definition) is 3. The third kappa shape index (κ3) is 2.66. The zero-order valence-electron chi connectivity index (χ0n) is 9.74. The van der Waals surface area contributed by atoms with Crippen molar-refractivity contribution >= 4 is 11.6 Å². The lowest BCUT2D eigenvalue weighted by atomic mass is 10.1. The van der Waals surface area contributed by atoms with E-state index >= 15 is 0 Å². The number of anilines is 1. The molecule has 0 fully saturated rings. The highest BCUT2D eigenvalue weighted by Crippen LogP contribution is 2.31. The molecular formula is C12H17NO3. The summed E-state index contributed by atoms with van der Waals surface area (Å²) in [5, 5.41) is 21.6. The maximum atomic E-state index is 11.6. The van der Waals surface area contributed by atoms with Crippen LogP contribution < -0.4 is 5.32 Å². The summed E-state index contributed by atoms with van der Waals surface area (Å²) in [5.74, 6) is -0.270. The van der Waals surface area contributed by atoms with Gasteiger partial charge in [-0.15, -0.1) is 0 Å². The van der Waals surface area contributed by atoms with Gasteiger partial charge in [-0.25, -0.2) is 0 Å². The molecule has 16 heavy (non-hydrogen) atoms. The number of amides is 1. The number of nitrogens with one attached hydrogen (secondary N) is 1. The van der Waals surface area contributed by atoms with Crippen LogP contribution in [0.2, 0.25) is 0 Å². The second-order valence-corrected chi connectivity index (χ2v) is 3.95. The van der Waals surface area contributed by atoms with Gasteiger partial charge in [0, 0.05) is 12.0 Å². The summed E-state index contributed by atoms with van der Waals surface area (Å²) < 4.78 is 0. The standard InChI is InChI=1S/C12H17NO3/c1-4-7(2)12(16)13-9-6-10(14)8(3)5-11(9)15/h5-7,14-15H,4H2,1-3H3,(H,13,16). The van der Waals surface area contributed by atoms with E-state index in [0.29, 0.717) is 5.56 Å². The molecule has 3 N–H and O–H groups in total. The van der Waals surface area contributed by atoms with E-state index in [1.165, 1.54) is 12.1 Å². The average Bonchev–Trinajstić information content (AvgIpc) is 2.24. The smallest absolute Gasteiger partial charge is 0.227 e. The van der Waals surface area contributed by atoms with Gasteiger partial charge in [-0.3, -0.25) is 4.79 Å². The Bertz CT molecular complexity index is 401. The molecule has 1 unspecified atom stereocenters. The van der Waals surface area contributed by atoms with Gasteiger partial charge in [0.15, 0.2) is 0 Å². The minimum Gasteiger partial charge on any atom is -0.508 e. The van der Waals surface area contributed by atoms with Crippen LogP contribution in [-0.4, -0.2) is 16.1 Å². The number of phenolic OH excluding ortho intramolecular Hbond substituents is 2. The fourth-order valence-corrected chi connectivity index (χ4v) is 1.22. The molecular weight excluding hydrogens is 206 g/mol. The molecule has 0 aliphatic carbocycles. The van der Waals surface area contributed by atoms with Gasteiger partial charge in [0.05, 0.1) is 5.69 Å². The minimum atomic E-state index is -0.166. The largest absolute Gasteiger partial charge is 0.508 e. The molecule has 0 radical (unpaired) electrons. The molecule has 88 valence electrons. The molecule has 1 aromatic carbocycles.